The van der Waals surface area contributed by atoms with Crippen LogP contribution >= 0.6 is 0 Å². The van der Waals surface area contributed by atoms with Gasteiger partial charge in [-0.3, -0.25) is 0 Å². The maximum Gasteiger partial charge on any atom is 0.419 e. The fraction of sp³-hybridized carbons (Fsp3) is 0.250. The lowest BCUT2D eigenvalue weighted by Gasteiger charge is -2.16. The Morgan fingerprint density at radius 1 is 1.17 bits per heavy atom. The molecule has 0 unspecified atom stereocenters. The van der Waals surface area contributed by atoms with Gasteiger partial charge < -0.3 is 4.74 Å². The van der Waals surface area contributed by atoms with Crippen LogP contribution in [0.25, 0.3) is 5.69 Å². The van der Waals surface area contributed by atoms with Crippen molar-refractivity contribution in [3.05, 3.63) is 69.1 Å². The van der Waals surface area contributed by atoms with Crippen molar-refractivity contribution >= 4 is 0 Å². The van der Waals surface area contributed by atoms with Crippen LogP contribution in [0.5, 0.6) is 5.75 Å². The van der Waals surface area contributed by atoms with Crippen molar-refractivity contribution in [2.24, 2.45) is 7.05 Å². The van der Waals surface area contributed by atoms with Crippen LogP contribution in [0.4, 0.5) is 13.2 Å². The summed E-state index contributed by atoms with van der Waals surface area (Å²) in [5, 5.41) is 7.48. The van der Waals surface area contributed by atoms with Gasteiger partial charge in [-0.05, 0) is 54.1 Å². The molecule has 0 aliphatic rings. The summed E-state index contributed by atoms with van der Waals surface area (Å²) in [6, 6.07) is 8.66. The normalized spacial score (nSPS) is 11.1. The maximum atomic E-state index is 13.3. The summed E-state index contributed by atoms with van der Waals surface area (Å²) < 4.78 is 47.7. The number of benzene rings is 2. The molecule has 29 heavy (non-hydrogen) atoms. The number of halogens is 3. The van der Waals surface area contributed by atoms with Gasteiger partial charge in [0.1, 0.15) is 12.4 Å². The number of aryl methyl sites for hydroxylation is 2. The van der Waals surface area contributed by atoms with E-state index in [1.165, 1.54) is 19.2 Å². The van der Waals surface area contributed by atoms with Gasteiger partial charge in [0.05, 0.1) is 11.3 Å². The molecule has 0 radical (unpaired) electrons. The van der Waals surface area contributed by atoms with E-state index in [-0.39, 0.29) is 12.4 Å². The van der Waals surface area contributed by atoms with Gasteiger partial charge >= 0.3 is 11.9 Å². The fourth-order valence-electron chi connectivity index (χ4n) is 2.77. The number of aromatic nitrogens is 4. The van der Waals surface area contributed by atoms with Crippen LogP contribution in [-0.4, -0.2) is 19.8 Å². The molecule has 6 nitrogen and oxygen atoms in total. The zero-order valence-electron chi connectivity index (χ0n) is 15.9. The molecule has 9 heteroatoms. The number of tetrazole rings is 1. The molecule has 150 valence electrons. The smallest absolute Gasteiger partial charge is 0.419 e. The van der Waals surface area contributed by atoms with Crippen molar-refractivity contribution in [1.82, 2.24) is 19.8 Å². The minimum Gasteiger partial charge on any atom is -0.488 e. The minimum atomic E-state index is -4.56. The molecule has 0 N–H and O–H groups in total. The van der Waals surface area contributed by atoms with Crippen LogP contribution < -0.4 is 10.4 Å². The van der Waals surface area contributed by atoms with E-state index in [9.17, 15) is 18.0 Å². The van der Waals surface area contributed by atoms with E-state index in [1.54, 1.807) is 32.0 Å². The lowest BCUT2D eigenvalue weighted by molar-refractivity contribution is -0.139. The monoisotopic (exact) mass is 402 g/mol. The highest BCUT2D eigenvalue weighted by Gasteiger charge is 2.34. The Morgan fingerprint density at radius 2 is 1.93 bits per heavy atom. The van der Waals surface area contributed by atoms with E-state index >= 15 is 0 Å². The van der Waals surface area contributed by atoms with Crippen LogP contribution in [0.1, 0.15) is 29.2 Å². The van der Waals surface area contributed by atoms with E-state index in [4.69, 9.17) is 4.74 Å². The van der Waals surface area contributed by atoms with E-state index in [0.717, 1.165) is 15.4 Å². The second-order valence-electron chi connectivity index (χ2n) is 6.26. The number of ether oxygens (including phenoxy) is 1. The van der Waals surface area contributed by atoms with Crippen LogP contribution in [0, 0.1) is 18.8 Å². The molecule has 0 saturated heterocycles. The van der Waals surface area contributed by atoms with Gasteiger partial charge in [-0.1, -0.05) is 18.1 Å². The Balaban J connectivity index is 2.08. The molecule has 1 aromatic heterocycles. The van der Waals surface area contributed by atoms with E-state index < -0.39 is 17.4 Å². The first-order valence-corrected chi connectivity index (χ1v) is 8.57. The predicted molar refractivity (Wildman–Crippen MR) is 99.7 cm³/mol. The Kier molecular flexibility index (Phi) is 5.46. The van der Waals surface area contributed by atoms with Gasteiger partial charge in [-0.2, -0.15) is 22.5 Å². The first-order chi connectivity index (χ1) is 13.7. The molecule has 0 bridgehead atoms. The Hall–Kier alpha value is -3.54. The summed E-state index contributed by atoms with van der Waals surface area (Å²) in [4.78, 5) is 12.3. The van der Waals surface area contributed by atoms with Gasteiger partial charge in [0, 0.05) is 18.2 Å². The number of nitrogens with zero attached hydrogens (tertiary/aromatic N) is 4. The van der Waals surface area contributed by atoms with Gasteiger partial charge in [0.15, 0.2) is 0 Å². The van der Waals surface area contributed by atoms with E-state index in [2.05, 4.69) is 22.3 Å². The van der Waals surface area contributed by atoms with Crippen molar-refractivity contribution in [3.8, 4) is 23.3 Å². The first-order valence-electron chi connectivity index (χ1n) is 8.57. The van der Waals surface area contributed by atoms with E-state index in [1.807, 2.05) is 0 Å². The molecule has 2 aromatic carbocycles. The standard InChI is InChI=1S/C20H17F3N4O2/c1-4-6-14-7-5-8-17(27-19(28)26(3)24-25-27)15(14)12-29-18-11-13(2)9-10-16(18)20(21,22)23/h5,7-11H,12H2,1-3H3. The molecule has 0 atom stereocenters. The van der Waals surface area contributed by atoms with E-state index in [0.29, 0.717) is 22.4 Å². The lowest BCUT2D eigenvalue weighted by atomic mass is 10.1. The summed E-state index contributed by atoms with van der Waals surface area (Å²) >= 11 is 0. The van der Waals surface area contributed by atoms with Crippen LogP contribution in [0.2, 0.25) is 0 Å². The average molecular weight is 402 g/mol. The van der Waals surface area contributed by atoms with Gasteiger partial charge in [-0.25, -0.2) is 4.79 Å². The maximum absolute atomic E-state index is 13.3. The SMILES string of the molecule is CC#Cc1cccc(-n2nnn(C)c2=O)c1COc1cc(C)ccc1C(F)(F)F. The van der Waals surface area contributed by atoms with Gasteiger partial charge in [0.2, 0.25) is 0 Å². The Labute approximate surface area is 164 Å². The minimum absolute atomic E-state index is 0.240. The third-order valence-electron chi connectivity index (χ3n) is 4.18. The van der Waals surface area contributed by atoms with Crippen molar-refractivity contribution < 1.29 is 17.9 Å². The topological polar surface area (TPSA) is 61.9 Å². The highest BCUT2D eigenvalue weighted by atomic mass is 19.4. The molecular weight excluding hydrogens is 385 g/mol. The molecule has 0 aliphatic carbocycles. The fourth-order valence-corrected chi connectivity index (χ4v) is 2.77. The molecule has 0 amide bonds. The van der Waals surface area contributed by atoms with Crippen molar-refractivity contribution in [2.45, 2.75) is 26.6 Å². The molecule has 0 spiro atoms. The summed E-state index contributed by atoms with van der Waals surface area (Å²) in [6.07, 6.45) is -4.56. The molecule has 3 rings (SSSR count). The van der Waals surface area contributed by atoms with Crippen LogP contribution in [0.3, 0.4) is 0 Å². The van der Waals surface area contributed by atoms with Crippen molar-refractivity contribution in [3.63, 3.8) is 0 Å². The van der Waals surface area contributed by atoms with Crippen LogP contribution in [-0.2, 0) is 19.8 Å². The molecule has 0 aliphatic heterocycles. The second kappa shape index (κ2) is 7.83. The van der Waals surface area contributed by atoms with Gasteiger partial charge in [-0.15, -0.1) is 5.92 Å². The number of hydrogen-bond donors (Lipinski definition) is 0. The Morgan fingerprint density at radius 3 is 2.55 bits per heavy atom. The number of hydrogen-bond acceptors (Lipinski definition) is 4. The number of rotatable bonds is 4. The lowest BCUT2D eigenvalue weighted by Crippen LogP contribution is -2.23. The summed E-state index contributed by atoms with van der Waals surface area (Å²) in [5.74, 6) is 5.34. The number of alkyl halides is 3. The molecule has 0 saturated carbocycles. The zero-order chi connectivity index (χ0) is 21.2. The van der Waals surface area contributed by atoms with Crippen molar-refractivity contribution in [1.29, 1.82) is 0 Å². The highest BCUT2D eigenvalue weighted by Crippen LogP contribution is 2.37. The third kappa shape index (κ3) is 4.16. The zero-order valence-corrected chi connectivity index (χ0v) is 15.9. The largest absolute Gasteiger partial charge is 0.488 e. The quantitative estimate of drug-likeness (QED) is 0.629. The van der Waals surface area contributed by atoms with Crippen molar-refractivity contribution in [2.75, 3.05) is 0 Å². The predicted octanol–water partition coefficient (Wildman–Crippen LogP) is 3.24. The Bertz CT molecular complexity index is 1170. The average Bonchev–Trinajstić information content (AvgIpc) is 2.98. The third-order valence-corrected chi connectivity index (χ3v) is 4.18. The molecule has 0 fully saturated rings. The molecular formula is C20H17F3N4O2. The summed E-state index contributed by atoms with van der Waals surface area (Å²) in [7, 11) is 1.44. The van der Waals surface area contributed by atoms with Gasteiger partial charge in [0.25, 0.3) is 0 Å². The summed E-state index contributed by atoms with van der Waals surface area (Å²) in [5.41, 5.74) is 0.534. The molecule has 3 aromatic rings. The summed E-state index contributed by atoms with van der Waals surface area (Å²) in [6.45, 7) is 3.07. The second-order valence-corrected chi connectivity index (χ2v) is 6.26. The van der Waals surface area contributed by atoms with Crippen LogP contribution in [0.15, 0.2) is 41.2 Å². The first kappa shape index (κ1) is 20.2. The highest BCUT2D eigenvalue weighted by molar-refractivity contribution is 5.52. The molecule has 1 heterocycles.